The number of benzene rings is 1. The zero-order valence-corrected chi connectivity index (χ0v) is 15.1. The summed E-state index contributed by atoms with van der Waals surface area (Å²) in [6, 6.07) is 12.1. The molecule has 0 spiro atoms. The molecule has 3 aromatic rings. The predicted octanol–water partition coefficient (Wildman–Crippen LogP) is 3.19. The highest BCUT2D eigenvalue weighted by Crippen LogP contribution is 2.24. The predicted molar refractivity (Wildman–Crippen MR) is 97.5 cm³/mol. The molecule has 1 saturated heterocycles. The fraction of sp³-hybridized carbons (Fsp3) is 0.211. The van der Waals surface area contributed by atoms with Gasteiger partial charge in [-0.25, -0.2) is 0 Å². The van der Waals surface area contributed by atoms with Gasteiger partial charge in [-0.15, -0.1) is 0 Å². The summed E-state index contributed by atoms with van der Waals surface area (Å²) in [4.78, 5) is 28.3. The van der Waals surface area contributed by atoms with Gasteiger partial charge in [0.25, 0.3) is 11.8 Å². The van der Waals surface area contributed by atoms with E-state index in [4.69, 9.17) is 20.5 Å². The monoisotopic (exact) mass is 385 g/mol. The van der Waals surface area contributed by atoms with E-state index in [1.165, 1.54) is 6.26 Å². The van der Waals surface area contributed by atoms with Gasteiger partial charge in [0.15, 0.2) is 17.2 Å². The molecule has 3 heterocycles. The number of carbonyl (C=O) groups excluding carboxylic acids is 2. The molecule has 1 aliphatic heterocycles. The summed E-state index contributed by atoms with van der Waals surface area (Å²) in [6.45, 7) is 1.71. The van der Waals surface area contributed by atoms with Crippen molar-refractivity contribution in [3.05, 3.63) is 65.2 Å². The van der Waals surface area contributed by atoms with Crippen LogP contribution >= 0.6 is 11.6 Å². The highest BCUT2D eigenvalue weighted by molar-refractivity contribution is 6.30. The lowest BCUT2D eigenvalue weighted by atomic mass is 10.1. The third-order valence-electron chi connectivity index (χ3n) is 4.42. The summed E-state index contributed by atoms with van der Waals surface area (Å²) >= 11 is 5.99. The summed E-state index contributed by atoms with van der Waals surface area (Å²) in [6.07, 6.45) is 1.47. The van der Waals surface area contributed by atoms with Crippen LogP contribution in [0.5, 0.6) is 0 Å². The quantitative estimate of drug-likeness (QED) is 0.691. The molecular weight excluding hydrogens is 370 g/mol. The van der Waals surface area contributed by atoms with Crippen LogP contribution < -0.4 is 0 Å². The number of furan rings is 1. The third kappa shape index (κ3) is 3.59. The molecule has 0 bridgehead atoms. The first-order valence-electron chi connectivity index (χ1n) is 8.46. The Hall–Kier alpha value is -3.06. The molecule has 0 aliphatic carbocycles. The normalized spacial score (nSPS) is 14.4. The summed E-state index contributed by atoms with van der Waals surface area (Å²) in [5.74, 6) is 0.388. The smallest absolute Gasteiger partial charge is 0.289 e. The molecule has 0 saturated carbocycles. The van der Waals surface area contributed by atoms with Crippen LogP contribution in [0.1, 0.15) is 21.0 Å². The second kappa shape index (κ2) is 7.28. The number of piperazine rings is 1. The van der Waals surface area contributed by atoms with Crippen molar-refractivity contribution in [2.75, 3.05) is 26.2 Å². The lowest BCUT2D eigenvalue weighted by molar-refractivity contribution is 0.0513. The minimum atomic E-state index is -0.225. The second-order valence-electron chi connectivity index (χ2n) is 6.15. The molecule has 0 unspecified atom stereocenters. The first kappa shape index (κ1) is 17.4. The van der Waals surface area contributed by atoms with Gasteiger partial charge in [-0.1, -0.05) is 28.9 Å². The number of amides is 2. The Labute approximate surface area is 160 Å². The van der Waals surface area contributed by atoms with Gasteiger partial charge in [0.2, 0.25) is 0 Å². The van der Waals surface area contributed by atoms with E-state index in [1.807, 2.05) is 6.07 Å². The Morgan fingerprint density at radius 2 is 1.70 bits per heavy atom. The molecule has 7 nitrogen and oxygen atoms in total. The first-order chi connectivity index (χ1) is 13.1. The van der Waals surface area contributed by atoms with Crippen molar-refractivity contribution in [3.63, 3.8) is 0 Å². The van der Waals surface area contributed by atoms with E-state index in [0.717, 1.165) is 5.56 Å². The van der Waals surface area contributed by atoms with Crippen molar-refractivity contribution in [1.82, 2.24) is 15.0 Å². The molecule has 4 rings (SSSR count). The molecular formula is C19H16ClN3O4. The SMILES string of the molecule is O=C(c1cc(-c2cccc(Cl)c2)on1)N1CCN(C(=O)c2ccco2)CC1. The maximum atomic E-state index is 12.7. The van der Waals surface area contributed by atoms with Gasteiger partial charge in [-0.05, 0) is 24.3 Å². The van der Waals surface area contributed by atoms with Crippen molar-refractivity contribution in [3.8, 4) is 11.3 Å². The van der Waals surface area contributed by atoms with Crippen LogP contribution in [0.3, 0.4) is 0 Å². The van der Waals surface area contributed by atoms with Crippen LogP contribution in [0.15, 0.2) is 57.7 Å². The van der Waals surface area contributed by atoms with E-state index in [-0.39, 0.29) is 17.5 Å². The molecule has 0 atom stereocenters. The molecule has 0 N–H and O–H groups in total. The number of rotatable bonds is 3. The van der Waals surface area contributed by atoms with Gasteiger partial charge >= 0.3 is 0 Å². The molecule has 2 amide bonds. The highest BCUT2D eigenvalue weighted by atomic mass is 35.5. The highest BCUT2D eigenvalue weighted by Gasteiger charge is 2.28. The Morgan fingerprint density at radius 3 is 2.37 bits per heavy atom. The van der Waals surface area contributed by atoms with Gasteiger partial charge < -0.3 is 18.7 Å². The lowest BCUT2D eigenvalue weighted by Gasteiger charge is -2.33. The number of hydrogen-bond donors (Lipinski definition) is 0. The van der Waals surface area contributed by atoms with E-state index in [1.54, 1.807) is 46.2 Å². The third-order valence-corrected chi connectivity index (χ3v) is 4.66. The van der Waals surface area contributed by atoms with Crippen molar-refractivity contribution in [2.45, 2.75) is 0 Å². The van der Waals surface area contributed by atoms with E-state index in [0.29, 0.717) is 42.7 Å². The first-order valence-corrected chi connectivity index (χ1v) is 8.84. The Bertz CT molecular complexity index is 959. The molecule has 27 heavy (non-hydrogen) atoms. The van der Waals surface area contributed by atoms with Crippen LogP contribution in [-0.2, 0) is 0 Å². The van der Waals surface area contributed by atoms with Crippen LogP contribution in [0, 0.1) is 0 Å². The van der Waals surface area contributed by atoms with Crippen LogP contribution in [0.2, 0.25) is 5.02 Å². The number of hydrogen-bond acceptors (Lipinski definition) is 5. The summed E-state index contributed by atoms with van der Waals surface area (Å²) < 4.78 is 10.4. The number of halogens is 1. The van der Waals surface area contributed by atoms with E-state index in [2.05, 4.69) is 5.16 Å². The molecule has 138 valence electrons. The minimum Gasteiger partial charge on any atom is -0.459 e. The fourth-order valence-corrected chi connectivity index (χ4v) is 3.17. The van der Waals surface area contributed by atoms with Crippen molar-refractivity contribution in [1.29, 1.82) is 0 Å². The van der Waals surface area contributed by atoms with Gasteiger partial charge in [-0.2, -0.15) is 0 Å². The van der Waals surface area contributed by atoms with E-state index >= 15 is 0 Å². The fourth-order valence-electron chi connectivity index (χ4n) is 2.98. The van der Waals surface area contributed by atoms with E-state index < -0.39 is 0 Å². The molecule has 8 heteroatoms. The van der Waals surface area contributed by atoms with Crippen molar-refractivity contribution < 1.29 is 18.5 Å². The summed E-state index contributed by atoms with van der Waals surface area (Å²) in [5.41, 5.74) is 0.985. The van der Waals surface area contributed by atoms with Gasteiger partial charge in [-0.3, -0.25) is 9.59 Å². The molecule has 2 aromatic heterocycles. The lowest BCUT2D eigenvalue weighted by Crippen LogP contribution is -2.50. The molecule has 0 radical (unpaired) electrons. The zero-order valence-electron chi connectivity index (χ0n) is 14.3. The maximum absolute atomic E-state index is 12.7. The minimum absolute atomic E-state index is 0.170. The van der Waals surface area contributed by atoms with Crippen molar-refractivity contribution >= 4 is 23.4 Å². The number of aromatic nitrogens is 1. The molecule has 1 fully saturated rings. The van der Waals surface area contributed by atoms with Gasteiger partial charge in [0, 0.05) is 42.8 Å². The van der Waals surface area contributed by atoms with Gasteiger partial charge in [0.05, 0.1) is 6.26 Å². The van der Waals surface area contributed by atoms with E-state index in [9.17, 15) is 9.59 Å². The second-order valence-corrected chi connectivity index (χ2v) is 6.58. The topological polar surface area (TPSA) is 79.8 Å². The summed E-state index contributed by atoms with van der Waals surface area (Å²) in [7, 11) is 0. The number of carbonyl (C=O) groups is 2. The largest absolute Gasteiger partial charge is 0.459 e. The van der Waals surface area contributed by atoms with Crippen molar-refractivity contribution in [2.24, 2.45) is 0 Å². The number of nitrogens with zero attached hydrogens (tertiary/aromatic N) is 3. The Morgan fingerprint density at radius 1 is 0.963 bits per heavy atom. The zero-order chi connectivity index (χ0) is 18.8. The standard InChI is InChI=1S/C19H16ClN3O4/c20-14-4-1-3-13(11-14)17-12-15(21-27-17)18(24)22-6-8-23(9-7-22)19(25)16-5-2-10-26-16/h1-5,10-12H,6-9H2. The summed E-state index contributed by atoms with van der Waals surface area (Å²) in [5, 5.41) is 4.47. The van der Waals surface area contributed by atoms with Crippen LogP contribution in [0.4, 0.5) is 0 Å². The average Bonchev–Trinajstić information content (AvgIpc) is 3.39. The Balaban J connectivity index is 1.40. The molecule has 1 aliphatic rings. The average molecular weight is 386 g/mol. The Kier molecular flexibility index (Phi) is 4.68. The maximum Gasteiger partial charge on any atom is 0.289 e. The van der Waals surface area contributed by atoms with Gasteiger partial charge in [0.1, 0.15) is 0 Å². The van der Waals surface area contributed by atoms with Crippen LogP contribution in [-0.4, -0.2) is 52.9 Å². The van der Waals surface area contributed by atoms with Crippen LogP contribution in [0.25, 0.3) is 11.3 Å². The molecule has 1 aromatic carbocycles.